The van der Waals surface area contributed by atoms with Crippen LogP contribution in [0.25, 0.3) is 0 Å². The molecule has 0 amide bonds. The summed E-state index contributed by atoms with van der Waals surface area (Å²) in [5.74, 6) is 0.557. The van der Waals surface area contributed by atoms with E-state index in [0.717, 1.165) is 5.56 Å². The first-order valence-electron chi connectivity index (χ1n) is 6.24. The molecule has 1 rings (SSSR count). The van der Waals surface area contributed by atoms with E-state index in [-0.39, 0.29) is 11.7 Å². The average Bonchev–Trinajstić information content (AvgIpc) is 2.24. The molecule has 0 aliphatic heterocycles. The molecule has 0 saturated heterocycles. The number of Topliss-reactive ketones (excluding diaryl/α,β-unsaturated/α-hetero) is 1. The maximum absolute atomic E-state index is 12.1. The van der Waals surface area contributed by atoms with Gasteiger partial charge in [0.25, 0.3) is 0 Å². The Labute approximate surface area is 104 Å². The van der Waals surface area contributed by atoms with Crippen LogP contribution in [0.5, 0.6) is 0 Å². The molecule has 0 aliphatic rings. The van der Waals surface area contributed by atoms with Crippen molar-refractivity contribution in [1.29, 1.82) is 0 Å². The lowest BCUT2D eigenvalue weighted by Gasteiger charge is -2.17. The number of hydrogen-bond acceptors (Lipinski definition) is 2. The zero-order chi connectivity index (χ0) is 13.0. The highest BCUT2D eigenvalue weighted by molar-refractivity contribution is 5.83. The first kappa shape index (κ1) is 13.9. The zero-order valence-corrected chi connectivity index (χ0v) is 11.3. The molecule has 1 atom stereocenters. The zero-order valence-electron chi connectivity index (χ0n) is 11.3. The minimum Gasteiger partial charge on any atom is -0.330 e. The number of benzene rings is 1. The molecule has 0 aliphatic carbocycles. The van der Waals surface area contributed by atoms with E-state index in [9.17, 15) is 4.79 Å². The molecule has 0 heterocycles. The molecule has 0 bridgehead atoms. The summed E-state index contributed by atoms with van der Waals surface area (Å²) in [5.41, 5.74) is 9.26. The van der Waals surface area contributed by atoms with Gasteiger partial charge in [-0.15, -0.1) is 0 Å². The predicted octanol–water partition coefficient (Wildman–Crippen LogP) is 2.65. The third-order valence-electron chi connectivity index (χ3n) is 3.42. The second-order valence-corrected chi connectivity index (χ2v) is 5.15. The number of aryl methyl sites for hydroxylation is 2. The van der Waals surface area contributed by atoms with E-state index in [2.05, 4.69) is 39.8 Å². The highest BCUT2D eigenvalue weighted by Gasteiger charge is 2.20. The van der Waals surface area contributed by atoms with Crippen LogP contribution < -0.4 is 5.73 Å². The molecule has 0 saturated carbocycles. The lowest BCUT2D eigenvalue weighted by Crippen LogP contribution is -2.29. The minimum atomic E-state index is -0.0170. The smallest absolute Gasteiger partial charge is 0.141 e. The van der Waals surface area contributed by atoms with E-state index in [1.54, 1.807) is 0 Å². The van der Waals surface area contributed by atoms with Gasteiger partial charge in [-0.05, 0) is 36.5 Å². The van der Waals surface area contributed by atoms with E-state index in [1.165, 1.54) is 11.1 Å². The van der Waals surface area contributed by atoms with Gasteiger partial charge in [-0.2, -0.15) is 0 Å². The highest BCUT2D eigenvalue weighted by Crippen LogP contribution is 2.16. The lowest BCUT2D eigenvalue weighted by atomic mass is 9.88. The summed E-state index contributed by atoms with van der Waals surface area (Å²) in [6, 6.07) is 6.21. The van der Waals surface area contributed by atoms with Gasteiger partial charge in [0.05, 0.1) is 0 Å². The topological polar surface area (TPSA) is 43.1 Å². The van der Waals surface area contributed by atoms with Gasteiger partial charge in [0.1, 0.15) is 5.78 Å². The molecule has 94 valence electrons. The molecule has 0 radical (unpaired) electrons. The first-order valence-corrected chi connectivity index (χ1v) is 6.24. The van der Waals surface area contributed by atoms with Gasteiger partial charge in [-0.1, -0.05) is 32.0 Å². The Hall–Kier alpha value is -1.15. The number of carbonyl (C=O) groups is 1. The van der Waals surface area contributed by atoms with Gasteiger partial charge in [0, 0.05) is 18.9 Å². The maximum atomic E-state index is 12.1. The summed E-state index contributed by atoms with van der Waals surface area (Å²) in [6.45, 7) is 8.71. The number of rotatable bonds is 5. The van der Waals surface area contributed by atoms with Gasteiger partial charge in [-0.25, -0.2) is 0 Å². The van der Waals surface area contributed by atoms with Gasteiger partial charge in [0.2, 0.25) is 0 Å². The van der Waals surface area contributed by atoms with Crippen molar-refractivity contribution in [2.75, 3.05) is 6.54 Å². The summed E-state index contributed by atoms with van der Waals surface area (Å²) in [4.78, 5) is 12.1. The molecule has 2 N–H and O–H groups in total. The Bertz CT molecular complexity index is 396. The van der Waals surface area contributed by atoms with Crippen LogP contribution in [0.1, 0.15) is 30.5 Å². The molecule has 0 aromatic heterocycles. The quantitative estimate of drug-likeness (QED) is 0.849. The van der Waals surface area contributed by atoms with Crippen molar-refractivity contribution in [2.45, 2.75) is 34.1 Å². The maximum Gasteiger partial charge on any atom is 0.141 e. The number of nitrogens with two attached hydrogens (primary N) is 1. The second kappa shape index (κ2) is 5.97. The number of carbonyl (C=O) groups excluding carboxylic acids is 1. The Morgan fingerprint density at radius 3 is 2.35 bits per heavy atom. The standard InChI is InChI=1S/C15H23NO/c1-10(2)14(9-16)15(17)8-13-6-5-11(3)12(4)7-13/h5-7,10,14H,8-9,16H2,1-4H3. The van der Waals surface area contributed by atoms with Gasteiger partial charge < -0.3 is 5.73 Å². The fourth-order valence-corrected chi connectivity index (χ4v) is 2.02. The number of ketones is 1. The van der Waals surface area contributed by atoms with Crippen LogP contribution in [-0.2, 0) is 11.2 Å². The summed E-state index contributed by atoms with van der Waals surface area (Å²) in [5, 5.41) is 0. The molecule has 1 aromatic carbocycles. The molecule has 0 fully saturated rings. The normalized spacial score (nSPS) is 12.8. The molecule has 1 aromatic rings. The van der Waals surface area contributed by atoms with Crippen LogP contribution in [0.3, 0.4) is 0 Å². The van der Waals surface area contributed by atoms with Crippen molar-refractivity contribution in [3.63, 3.8) is 0 Å². The molecule has 17 heavy (non-hydrogen) atoms. The van der Waals surface area contributed by atoms with Crippen molar-refractivity contribution in [3.8, 4) is 0 Å². The summed E-state index contributed by atoms with van der Waals surface area (Å²) in [6.07, 6.45) is 0.501. The van der Waals surface area contributed by atoms with Crippen LogP contribution >= 0.6 is 0 Å². The Balaban J connectivity index is 2.77. The van der Waals surface area contributed by atoms with Gasteiger partial charge in [-0.3, -0.25) is 4.79 Å². The van der Waals surface area contributed by atoms with Crippen molar-refractivity contribution in [1.82, 2.24) is 0 Å². The molecular weight excluding hydrogens is 210 g/mol. The summed E-state index contributed by atoms with van der Waals surface area (Å²) in [7, 11) is 0. The fourth-order valence-electron chi connectivity index (χ4n) is 2.02. The van der Waals surface area contributed by atoms with E-state index in [4.69, 9.17) is 5.73 Å². The number of hydrogen-bond donors (Lipinski definition) is 1. The first-order chi connectivity index (χ1) is 7.95. The molecule has 2 heteroatoms. The van der Waals surface area contributed by atoms with Gasteiger partial charge >= 0.3 is 0 Å². The second-order valence-electron chi connectivity index (χ2n) is 5.15. The minimum absolute atomic E-state index is 0.0170. The molecule has 0 spiro atoms. The van der Waals surface area contributed by atoms with E-state index < -0.39 is 0 Å². The van der Waals surface area contributed by atoms with Crippen LogP contribution in [0, 0.1) is 25.7 Å². The molecule has 1 unspecified atom stereocenters. The van der Waals surface area contributed by atoms with Crippen LogP contribution in [-0.4, -0.2) is 12.3 Å². The predicted molar refractivity (Wildman–Crippen MR) is 72.0 cm³/mol. The third-order valence-corrected chi connectivity index (χ3v) is 3.42. The van der Waals surface area contributed by atoms with Crippen molar-refractivity contribution in [3.05, 3.63) is 34.9 Å². The third kappa shape index (κ3) is 3.67. The van der Waals surface area contributed by atoms with Crippen LogP contribution in [0.2, 0.25) is 0 Å². The monoisotopic (exact) mass is 233 g/mol. The summed E-state index contributed by atoms with van der Waals surface area (Å²) >= 11 is 0. The van der Waals surface area contributed by atoms with E-state index in [0.29, 0.717) is 18.9 Å². The fraction of sp³-hybridized carbons (Fsp3) is 0.533. The lowest BCUT2D eigenvalue weighted by molar-refractivity contribution is -0.123. The Kier molecular flexibility index (Phi) is 4.88. The van der Waals surface area contributed by atoms with Crippen molar-refractivity contribution >= 4 is 5.78 Å². The Morgan fingerprint density at radius 1 is 1.24 bits per heavy atom. The summed E-state index contributed by atoms with van der Waals surface area (Å²) < 4.78 is 0. The highest BCUT2D eigenvalue weighted by atomic mass is 16.1. The van der Waals surface area contributed by atoms with Gasteiger partial charge in [0.15, 0.2) is 0 Å². The Morgan fingerprint density at radius 2 is 1.88 bits per heavy atom. The van der Waals surface area contributed by atoms with Crippen LogP contribution in [0.4, 0.5) is 0 Å². The SMILES string of the molecule is Cc1ccc(CC(=O)C(CN)C(C)C)cc1C. The van der Waals surface area contributed by atoms with E-state index >= 15 is 0 Å². The largest absolute Gasteiger partial charge is 0.330 e. The molecular formula is C15H23NO. The molecule has 2 nitrogen and oxygen atoms in total. The average molecular weight is 233 g/mol. The van der Waals surface area contributed by atoms with E-state index in [1.807, 2.05) is 6.07 Å². The van der Waals surface area contributed by atoms with Crippen LogP contribution in [0.15, 0.2) is 18.2 Å². The van der Waals surface area contributed by atoms with Crippen molar-refractivity contribution in [2.24, 2.45) is 17.6 Å². The van der Waals surface area contributed by atoms with Crippen molar-refractivity contribution < 1.29 is 4.79 Å².